The van der Waals surface area contributed by atoms with Crippen LogP contribution in [0.1, 0.15) is 87.0 Å². The fourth-order valence-corrected chi connectivity index (χ4v) is 13.5. The van der Waals surface area contributed by atoms with E-state index >= 15 is 0 Å². The third kappa shape index (κ3) is 8.43. The first-order valence-corrected chi connectivity index (χ1v) is 27.5. The van der Waals surface area contributed by atoms with Crippen molar-refractivity contribution in [2.24, 2.45) is 11.8 Å². The normalized spacial score (nSPS) is 17.6. The maximum atomic E-state index is 3.96. The van der Waals surface area contributed by atoms with Crippen LogP contribution in [0.15, 0.2) is 219 Å². The van der Waals surface area contributed by atoms with Gasteiger partial charge in [0.25, 0.3) is 0 Å². The van der Waals surface area contributed by atoms with Gasteiger partial charge in [-0.3, -0.25) is 0 Å². The van der Waals surface area contributed by atoms with Crippen molar-refractivity contribution in [2.75, 3.05) is 4.90 Å². The van der Waals surface area contributed by atoms with Crippen molar-refractivity contribution in [3.8, 4) is 22.5 Å². The van der Waals surface area contributed by atoms with Crippen LogP contribution in [-0.2, 0) is 18.3 Å². The summed E-state index contributed by atoms with van der Waals surface area (Å²) in [5.74, 6) is 1.60. The average molecular weight is 960 g/mol. The Morgan fingerprint density at radius 2 is 1.08 bits per heavy atom. The van der Waals surface area contributed by atoms with Crippen molar-refractivity contribution in [1.29, 1.82) is 0 Å². The first-order valence-electron chi connectivity index (χ1n) is 27.5. The molecule has 2 bridgehead atoms. The third-order valence-corrected chi connectivity index (χ3v) is 17.1. The van der Waals surface area contributed by atoms with Gasteiger partial charge in [0.05, 0.1) is 22.1 Å². The number of para-hydroxylation sites is 3. The number of anilines is 3. The summed E-state index contributed by atoms with van der Waals surface area (Å²) >= 11 is 0. The maximum absolute atomic E-state index is 3.96. The largest absolute Gasteiger partial charge is 0.311 e. The van der Waals surface area contributed by atoms with E-state index in [1.807, 2.05) is 6.08 Å². The van der Waals surface area contributed by atoms with Gasteiger partial charge in [0.15, 0.2) is 0 Å². The van der Waals surface area contributed by atoms with Crippen LogP contribution in [0.5, 0.6) is 0 Å². The Bertz CT molecular complexity index is 3770. The molecule has 3 atom stereocenters. The van der Waals surface area contributed by atoms with Crippen LogP contribution in [0.2, 0.25) is 0 Å². The Kier molecular flexibility index (Phi) is 12.1. The molecule has 2 aliphatic rings. The zero-order valence-electron chi connectivity index (χ0n) is 42.8. The summed E-state index contributed by atoms with van der Waals surface area (Å²) in [6.07, 6.45) is 16.0. The summed E-state index contributed by atoms with van der Waals surface area (Å²) in [6.45, 7) is 6.23. The van der Waals surface area contributed by atoms with E-state index in [-0.39, 0.29) is 5.41 Å². The molecule has 364 valence electrons. The average Bonchev–Trinajstić information content (AvgIpc) is 3.98. The Balaban J connectivity index is 0.859. The molecule has 9 aromatic carbocycles. The minimum Gasteiger partial charge on any atom is -0.311 e. The molecule has 0 spiro atoms. The quantitative estimate of drug-likeness (QED) is 0.106. The van der Waals surface area contributed by atoms with Crippen molar-refractivity contribution >= 4 is 66.7 Å². The monoisotopic (exact) mass is 960 g/mol. The molecule has 0 aliphatic heterocycles. The van der Waals surface area contributed by atoms with E-state index in [9.17, 15) is 0 Å². The van der Waals surface area contributed by atoms with Gasteiger partial charge < -0.3 is 14.0 Å². The molecule has 0 amide bonds. The van der Waals surface area contributed by atoms with E-state index in [2.05, 4.69) is 240 Å². The van der Waals surface area contributed by atoms with Crippen molar-refractivity contribution in [2.45, 2.75) is 83.0 Å². The molecule has 0 saturated heterocycles. The topological polar surface area (TPSA) is 13.1 Å². The van der Waals surface area contributed by atoms with Gasteiger partial charge in [-0.15, -0.1) is 0 Å². The van der Waals surface area contributed by atoms with E-state index in [4.69, 9.17) is 0 Å². The molecule has 2 heterocycles. The fraction of sp³-hybridized carbons (Fsp3) is 0.211. The zero-order chi connectivity index (χ0) is 49.6. The summed E-state index contributed by atoms with van der Waals surface area (Å²) in [6, 6.07) is 79.9. The lowest BCUT2D eigenvalue weighted by atomic mass is 9.56. The molecular formula is C71H65N3. The van der Waals surface area contributed by atoms with Gasteiger partial charge in [-0.2, -0.15) is 0 Å². The van der Waals surface area contributed by atoms with E-state index < -0.39 is 0 Å². The molecule has 3 nitrogen and oxygen atoms in total. The summed E-state index contributed by atoms with van der Waals surface area (Å²) in [4.78, 5) is 2.47. The number of aryl methyl sites for hydroxylation is 2. The van der Waals surface area contributed by atoms with Crippen molar-refractivity contribution in [1.82, 2.24) is 9.13 Å². The number of rotatable bonds is 14. The molecule has 3 heteroatoms. The van der Waals surface area contributed by atoms with Gasteiger partial charge in [-0.05, 0) is 193 Å². The van der Waals surface area contributed by atoms with E-state index in [1.165, 1.54) is 146 Å². The van der Waals surface area contributed by atoms with Gasteiger partial charge >= 0.3 is 0 Å². The second-order valence-electron chi connectivity index (χ2n) is 21.7. The van der Waals surface area contributed by atoms with Crippen LogP contribution in [-0.4, -0.2) is 9.13 Å². The summed E-state index contributed by atoms with van der Waals surface area (Å²) in [7, 11) is 0. The molecule has 13 rings (SSSR count). The summed E-state index contributed by atoms with van der Waals surface area (Å²) in [5, 5.41) is 5.00. The van der Waals surface area contributed by atoms with Crippen LogP contribution < -0.4 is 4.90 Å². The number of unbranched alkanes of at least 4 members (excludes halogenated alkanes) is 1. The van der Waals surface area contributed by atoms with Gasteiger partial charge in [0, 0.05) is 50.0 Å². The minimum atomic E-state index is 0.269. The van der Waals surface area contributed by atoms with Crippen molar-refractivity contribution in [3.63, 3.8) is 0 Å². The Labute approximate surface area is 437 Å². The molecule has 3 unspecified atom stereocenters. The van der Waals surface area contributed by atoms with Gasteiger partial charge in [-0.1, -0.05) is 160 Å². The molecule has 2 aliphatic carbocycles. The first kappa shape index (κ1) is 45.9. The van der Waals surface area contributed by atoms with Gasteiger partial charge in [0.1, 0.15) is 0 Å². The molecule has 11 aromatic rings. The molecule has 74 heavy (non-hydrogen) atoms. The number of aromatic nitrogens is 2. The number of hydrogen-bond acceptors (Lipinski definition) is 1. The Morgan fingerprint density at radius 3 is 1.74 bits per heavy atom. The fourth-order valence-electron chi connectivity index (χ4n) is 13.5. The van der Waals surface area contributed by atoms with Gasteiger partial charge in [0.2, 0.25) is 0 Å². The highest BCUT2D eigenvalue weighted by molar-refractivity contribution is 6.19. The number of fused-ring (bicyclic) bond motifs is 8. The standard InChI is InChI=1S/C71H65N3/c1-3-5-15-51-29-36-60(37-30-51)72(62-40-34-57(35-41-62)71-43-14-16-53(48-71)44-54(49-71)28-27-52-25-23-50(4-2)24-26-52)61-38-31-55(32-39-61)56-33-42-68-64(45-56)66-47-69-65(46-70(66)74(68)59-19-10-7-11-20-59)63-21-12-13-22-67(63)73(69)58-17-8-6-9-18-58/h4,6-13,17-26,29-42,45-47,53-54H,2-3,5,14-16,27-28,43-44,48-49H2,1H3. The maximum Gasteiger partial charge on any atom is 0.0548 e. The Morgan fingerprint density at radius 1 is 0.527 bits per heavy atom. The van der Waals surface area contributed by atoms with E-state index in [1.54, 1.807) is 5.56 Å². The van der Waals surface area contributed by atoms with Crippen LogP contribution in [0.4, 0.5) is 17.1 Å². The Hall–Kier alpha value is -7.88. The molecular weight excluding hydrogens is 895 g/mol. The first-order chi connectivity index (χ1) is 36.5. The van der Waals surface area contributed by atoms with Crippen molar-refractivity contribution < 1.29 is 0 Å². The highest BCUT2D eigenvalue weighted by atomic mass is 15.1. The molecule has 2 aromatic heterocycles. The smallest absolute Gasteiger partial charge is 0.0548 e. The van der Waals surface area contributed by atoms with E-state index in [0.717, 1.165) is 36.1 Å². The lowest BCUT2D eigenvalue weighted by Crippen LogP contribution is -2.40. The molecule has 2 fully saturated rings. The van der Waals surface area contributed by atoms with E-state index in [0.29, 0.717) is 0 Å². The van der Waals surface area contributed by atoms with Crippen LogP contribution in [0.25, 0.3) is 72.2 Å². The van der Waals surface area contributed by atoms with Crippen LogP contribution in [0, 0.1) is 11.8 Å². The molecule has 2 saturated carbocycles. The van der Waals surface area contributed by atoms with Crippen LogP contribution >= 0.6 is 0 Å². The van der Waals surface area contributed by atoms with Crippen molar-refractivity contribution in [3.05, 3.63) is 241 Å². The summed E-state index contributed by atoms with van der Waals surface area (Å²) in [5.41, 5.74) is 19.0. The third-order valence-electron chi connectivity index (χ3n) is 17.1. The highest BCUT2D eigenvalue weighted by Crippen LogP contribution is 2.54. The number of benzene rings is 9. The predicted octanol–water partition coefficient (Wildman–Crippen LogP) is 19.5. The lowest BCUT2D eigenvalue weighted by molar-refractivity contribution is 0.0983. The number of hydrogen-bond donors (Lipinski definition) is 0. The number of nitrogens with zero attached hydrogens (tertiary/aromatic N) is 3. The van der Waals surface area contributed by atoms with Gasteiger partial charge in [-0.25, -0.2) is 0 Å². The molecule has 0 N–H and O–H groups in total. The highest BCUT2D eigenvalue weighted by Gasteiger charge is 2.44. The molecule has 0 radical (unpaired) electrons. The minimum absolute atomic E-state index is 0.269. The second-order valence-corrected chi connectivity index (χ2v) is 21.7. The van der Waals surface area contributed by atoms with Crippen LogP contribution in [0.3, 0.4) is 0 Å². The lowest BCUT2D eigenvalue weighted by Gasteiger charge is -2.49. The summed E-state index contributed by atoms with van der Waals surface area (Å²) < 4.78 is 4.88. The SMILES string of the molecule is C=Cc1ccc(CCC2CC3CCCC(c4ccc(N(c5ccc(CCCC)cc5)c5ccc(-c6ccc7c(c6)c6cc8c(cc6n7-c6ccccc6)c6ccccc6n8-c6ccccc6)cc5)cc4)(C3)C2)cc1. The predicted molar refractivity (Wildman–Crippen MR) is 315 cm³/mol. The zero-order valence-corrected chi connectivity index (χ0v) is 42.8. The second kappa shape index (κ2) is 19.5.